The molecule has 10 heavy (non-hydrogen) atoms. The van der Waals surface area contributed by atoms with E-state index in [1.807, 2.05) is 0 Å². The minimum Gasteiger partial charge on any atom is -0.393 e. The highest BCUT2D eigenvalue weighted by atomic mass is 16.3. The van der Waals surface area contributed by atoms with E-state index < -0.39 is 0 Å². The maximum Gasteiger partial charge on any atom is 0.0571 e. The van der Waals surface area contributed by atoms with Gasteiger partial charge in [-0.25, -0.2) is 0 Å². The second kappa shape index (κ2) is 2.54. The molecule has 58 valence electrons. The van der Waals surface area contributed by atoms with Crippen molar-refractivity contribution in [3.05, 3.63) is 0 Å². The molecule has 0 aromatic heterocycles. The fourth-order valence-corrected chi connectivity index (χ4v) is 2.56. The number of hydrogen-bond donors (Lipinski definition) is 1. The molecule has 1 nitrogen and oxygen atoms in total. The topological polar surface area (TPSA) is 20.2 Å². The van der Waals surface area contributed by atoms with Crippen LogP contribution in [-0.2, 0) is 0 Å². The lowest BCUT2D eigenvalue weighted by Crippen LogP contribution is -2.25. The van der Waals surface area contributed by atoms with Gasteiger partial charge in [0.2, 0.25) is 0 Å². The van der Waals surface area contributed by atoms with Crippen LogP contribution in [0.3, 0.4) is 0 Å². The van der Waals surface area contributed by atoms with Crippen LogP contribution in [0.5, 0.6) is 0 Å². The molecular weight excluding hydrogens is 124 g/mol. The van der Waals surface area contributed by atoms with E-state index in [1.54, 1.807) is 0 Å². The van der Waals surface area contributed by atoms with Gasteiger partial charge in [0.1, 0.15) is 0 Å². The van der Waals surface area contributed by atoms with Crippen LogP contribution in [0.1, 0.15) is 38.5 Å². The Labute approximate surface area is 62.4 Å². The number of aliphatic hydroxyl groups is 1. The molecule has 1 N–H and O–H groups in total. The molecule has 0 spiro atoms. The quantitative estimate of drug-likeness (QED) is 0.545. The Bertz CT molecular complexity index is 118. The Morgan fingerprint density at radius 1 is 1.00 bits per heavy atom. The SMILES string of the molecule is O[C@@H]1C[C@H]2CCC[C@@H]1CC2. The summed E-state index contributed by atoms with van der Waals surface area (Å²) in [6.45, 7) is 0. The molecule has 1 heteroatoms. The Morgan fingerprint density at radius 3 is 2.70 bits per heavy atom. The molecule has 3 aliphatic rings. The van der Waals surface area contributed by atoms with Crippen LogP contribution in [0.15, 0.2) is 0 Å². The second-order valence-corrected chi connectivity index (χ2v) is 3.94. The summed E-state index contributed by atoms with van der Waals surface area (Å²) < 4.78 is 0. The van der Waals surface area contributed by atoms with E-state index in [-0.39, 0.29) is 6.10 Å². The fourth-order valence-electron chi connectivity index (χ4n) is 2.56. The molecule has 0 amide bonds. The third-order valence-corrected chi connectivity index (χ3v) is 3.25. The van der Waals surface area contributed by atoms with Crippen LogP contribution in [0.2, 0.25) is 0 Å². The van der Waals surface area contributed by atoms with E-state index in [0.29, 0.717) is 5.92 Å². The third-order valence-electron chi connectivity index (χ3n) is 3.25. The van der Waals surface area contributed by atoms with Gasteiger partial charge in [0.25, 0.3) is 0 Å². The van der Waals surface area contributed by atoms with Crippen LogP contribution in [0.4, 0.5) is 0 Å². The van der Waals surface area contributed by atoms with Crippen LogP contribution in [-0.4, -0.2) is 11.2 Å². The van der Waals surface area contributed by atoms with Crippen molar-refractivity contribution in [1.29, 1.82) is 0 Å². The van der Waals surface area contributed by atoms with Crippen molar-refractivity contribution in [1.82, 2.24) is 0 Å². The zero-order valence-electron chi connectivity index (χ0n) is 6.42. The van der Waals surface area contributed by atoms with Gasteiger partial charge >= 0.3 is 0 Å². The lowest BCUT2D eigenvalue weighted by Gasteiger charge is -2.28. The predicted octanol–water partition coefficient (Wildman–Crippen LogP) is 1.95. The van der Waals surface area contributed by atoms with Crippen molar-refractivity contribution in [2.45, 2.75) is 44.6 Å². The summed E-state index contributed by atoms with van der Waals surface area (Å²) in [7, 11) is 0. The van der Waals surface area contributed by atoms with Crippen LogP contribution >= 0.6 is 0 Å². The lowest BCUT2D eigenvalue weighted by atomic mass is 9.82. The smallest absolute Gasteiger partial charge is 0.0571 e. The maximum atomic E-state index is 9.58. The van der Waals surface area contributed by atoms with Crippen molar-refractivity contribution in [3.8, 4) is 0 Å². The second-order valence-electron chi connectivity index (χ2n) is 3.94. The lowest BCUT2D eigenvalue weighted by molar-refractivity contribution is 0.0563. The first-order chi connectivity index (χ1) is 4.86. The molecule has 3 saturated carbocycles. The van der Waals surface area contributed by atoms with Gasteiger partial charge in [0.15, 0.2) is 0 Å². The maximum absolute atomic E-state index is 9.58. The van der Waals surface area contributed by atoms with E-state index >= 15 is 0 Å². The standard InChI is InChI=1S/C9H16O/c10-9-6-7-2-1-3-8(9)5-4-7/h7-10H,1-6H2/t7-,8+,9+/m0/s1. The Hall–Kier alpha value is -0.0400. The summed E-state index contributed by atoms with van der Waals surface area (Å²) in [5, 5.41) is 9.58. The van der Waals surface area contributed by atoms with E-state index in [2.05, 4.69) is 0 Å². The van der Waals surface area contributed by atoms with Crippen molar-refractivity contribution in [2.24, 2.45) is 11.8 Å². The van der Waals surface area contributed by atoms with E-state index in [1.165, 1.54) is 32.1 Å². The van der Waals surface area contributed by atoms with Gasteiger partial charge < -0.3 is 5.11 Å². The highest BCUT2D eigenvalue weighted by Gasteiger charge is 2.31. The molecule has 3 atom stereocenters. The first kappa shape index (κ1) is 6.66. The van der Waals surface area contributed by atoms with Gasteiger partial charge in [-0.1, -0.05) is 12.8 Å². The molecule has 3 rings (SSSR count). The summed E-state index contributed by atoms with van der Waals surface area (Å²) in [5.41, 5.74) is 0. The van der Waals surface area contributed by atoms with Crippen molar-refractivity contribution in [3.63, 3.8) is 0 Å². The molecule has 3 fully saturated rings. The van der Waals surface area contributed by atoms with Gasteiger partial charge in [-0.3, -0.25) is 0 Å². The number of hydrogen-bond acceptors (Lipinski definition) is 1. The predicted molar refractivity (Wildman–Crippen MR) is 40.7 cm³/mol. The van der Waals surface area contributed by atoms with Crippen molar-refractivity contribution in [2.75, 3.05) is 0 Å². The molecule has 0 radical (unpaired) electrons. The summed E-state index contributed by atoms with van der Waals surface area (Å²) in [5.74, 6) is 1.53. The third kappa shape index (κ3) is 1.07. The van der Waals surface area contributed by atoms with E-state index in [0.717, 1.165) is 12.3 Å². The molecule has 3 aliphatic carbocycles. The number of rotatable bonds is 0. The monoisotopic (exact) mass is 140 g/mol. The van der Waals surface area contributed by atoms with Crippen LogP contribution in [0.25, 0.3) is 0 Å². The van der Waals surface area contributed by atoms with Gasteiger partial charge in [-0.15, -0.1) is 0 Å². The molecule has 0 saturated heterocycles. The Kier molecular flexibility index (Phi) is 1.69. The highest BCUT2D eigenvalue weighted by Crippen LogP contribution is 2.38. The molecule has 0 heterocycles. The Morgan fingerprint density at radius 2 is 1.90 bits per heavy atom. The molecule has 0 aromatic carbocycles. The summed E-state index contributed by atoms with van der Waals surface area (Å²) in [6.07, 6.45) is 7.89. The normalized spacial score (nSPS) is 47.1. The van der Waals surface area contributed by atoms with Gasteiger partial charge in [-0.2, -0.15) is 0 Å². The first-order valence-corrected chi connectivity index (χ1v) is 4.54. The van der Waals surface area contributed by atoms with Crippen LogP contribution < -0.4 is 0 Å². The average Bonchev–Trinajstić information content (AvgIpc) is 2.20. The first-order valence-electron chi connectivity index (χ1n) is 4.54. The largest absolute Gasteiger partial charge is 0.393 e. The van der Waals surface area contributed by atoms with Crippen molar-refractivity contribution >= 4 is 0 Å². The summed E-state index contributed by atoms with van der Waals surface area (Å²) >= 11 is 0. The number of fused-ring (bicyclic) bond motifs is 4. The summed E-state index contributed by atoms with van der Waals surface area (Å²) in [4.78, 5) is 0. The van der Waals surface area contributed by atoms with Gasteiger partial charge in [0, 0.05) is 0 Å². The Balaban J connectivity index is 2.07. The summed E-state index contributed by atoms with van der Waals surface area (Å²) in [6, 6.07) is 0. The van der Waals surface area contributed by atoms with E-state index in [4.69, 9.17) is 0 Å². The zero-order valence-corrected chi connectivity index (χ0v) is 6.42. The molecule has 0 aliphatic heterocycles. The van der Waals surface area contributed by atoms with Gasteiger partial charge in [0.05, 0.1) is 6.10 Å². The molecule has 0 unspecified atom stereocenters. The highest BCUT2D eigenvalue weighted by molar-refractivity contribution is 4.83. The average molecular weight is 140 g/mol. The molecule has 2 bridgehead atoms. The number of aliphatic hydroxyl groups excluding tert-OH is 1. The zero-order chi connectivity index (χ0) is 6.97. The fraction of sp³-hybridized carbons (Fsp3) is 1.00. The van der Waals surface area contributed by atoms with E-state index in [9.17, 15) is 5.11 Å². The molecular formula is C9H16O. The molecule has 0 aromatic rings. The minimum absolute atomic E-state index is 0.0567. The van der Waals surface area contributed by atoms with Crippen LogP contribution in [0, 0.1) is 11.8 Å². The van der Waals surface area contributed by atoms with Gasteiger partial charge in [-0.05, 0) is 37.5 Å². The minimum atomic E-state index is 0.0567. The van der Waals surface area contributed by atoms with Crippen molar-refractivity contribution < 1.29 is 5.11 Å².